The number of aromatic nitrogens is 1. The smallest absolute Gasteiger partial charge is 0.259 e. The number of nitrogens with zero attached hydrogens (tertiary/aromatic N) is 1. The van der Waals surface area contributed by atoms with E-state index in [1.807, 2.05) is 0 Å². The Morgan fingerprint density at radius 3 is 2.23 bits per heavy atom. The summed E-state index contributed by atoms with van der Waals surface area (Å²) in [4.78, 5) is 14.1. The molecule has 0 fully saturated rings. The molecule has 1 aromatic heterocycles. The summed E-state index contributed by atoms with van der Waals surface area (Å²) in [6, 6.07) is 6.17. The van der Waals surface area contributed by atoms with Crippen LogP contribution in [-0.2, 0) is 24.8 Å². The van der Waals surface area contributed by atoms with Crippen molar-refractivity contribution in [3.05, 3.63) is 30.3 Å². The molecule has 13 heteroatoms. The third-order valence-electron chi connectivity index (χ3n) is 3.56. The van der Waals surface area contributed by atoms with E-state index in [2.05, 4.69) is 10.3 Å². The van der Waals surface area contributed by atoms with Gasteiger partial charge < -0.3 is 19.5 Å². The molecule has 2 N–H and O–H groups in total. The minimum atomic E-state index is -4.65. The van der Waals surface area contributed by atoms with Crippen molar-refractivity contribution < 1.29 is 35.8 Å². The number of ether oxygens (including phenoxy) is 3. The maximum absolute atomic E-state index is 12.9. The molecule has 0 aliphatic rings. The molecule has 1 heterocycles. The third-order valence-corrected chi connectivity index (χ3v) is 7.11. The van der Waals surface area contributed by atoms with Gasteiger partial charge in [-0.2, -0.15) is 4.98 Å². The van der Waals surface area contributed by atoms with Crippen molar-refractivity contribution in [3.8, 4) is 17.5 Å². The highest BCUT2D eigenvalue weighted by Crippen LogP contribution is 2.30. The van der Waals surface area contributed by atoms with E-state index >= 15 is 0 Å². The van der Waals surface area contributed by atoms with Crippen molar-refractivity contribution in [2.45, 2.75) is 23.6 Å². The molecule has 11 nitrogen and oxygen atoms in total. The fourth-order valence-electron chi connectivity index (χ4n) is 2.38. The summed E-state index contributed by atoms with van der Waals surface area (Å²) in [5.74, 6) is -0.796. The fraction of sp³-hybridized carbons (Fsp3) is 0.294. The Labute approximate surface area is 174 Å². The van der Waals surface area contributed by atoms with Crippen molar-refractivity contribution in [2.24, 2.45) is 0 Å². The molecule has 2 aromatic rings. The first-order chi connectivity index (χ1) is 14.0. The van der Waals surface area contributed by atoms with Gasteiger partial charge in [-0.3, -0.25) is 4.79 Å². The van der Waals surface area contributed by atoms with Crippen LogP contribution in [0, 0.1) is 0 Å². The number of methoxy groups -OCH3 is 2. The van der Waals surface area contributed by atoms with E-state index in [4.69, 9.17) is 14.2 Å². The van der Waals surface area contributed by atoms with Gasteiger partial charge in [-0.1, -0.05) is 0 Å². The lowest BCUT2D eigenvalue weighted by Gasteiger charge is -2.15. The second kappa shape index (κ2) is 9.28. The van der Waals surface area contributed by atoms with Crippen LogP contribution < -0.4 is 23.7 Å². The van der Waals surface area contributed by atoms with Gasteiger partial charge in [0.25, 0.3) is 20.0 Å². The number of nitrogens with one attached hydrogen (secondary N) is 2. The molecule has 0 saturated carbocycles. The summed E-state index contributed by atoms with van der Waals surface area (Å²) in [6.45, 7) is 3.01. The number of anilines is 1. The van der Waals surface area contributed by atoms with Crippen LogP contribution in [0.1, 0.15) is 13.8 Å². The monoisotopic (exact) mass is 459 g/mol. The number of hydrogen-bond acceptors (Lipinski definition) is 9. The Kier molecular flexibility index (Phi) is 7.23. The number of hydrogen-bond donors (Lipinski definition) is 2. The van der Waals surface area contributed by atoms with Crippen LogP contribution in [0.3, 0.4) is 0 Å². The number of carbonyl (C=O) groups is 1. The normalized spacial score (nSPS) is 11.6. The maximum atomic E-state index is 12.9. The lowest BCUT2D eigenvalue weighted by atomic mass is 10.3. The molecule has 30 heavy (non-hydrogen) atoms. The van der Waals surface area contributed by atoms with Crippen LogP contribution in [0.25, 0.3) is 0 Å². The van der Waals surface area contributed by atoms with Gasteiger partial charge in [0.2, 0.25) is 17.7 Å². The topological polar surface area (TPSA) is 150 Å². The van der Waals surface area contributed by atoms with Crippen LogP contribution in [0.2, 0.25) is 0 Å². The van der Waals surface area contributed by atoms with E-state index in [1.165, 1.54) is 39.3 Å². The molecule has 0 aliphatic carbocycles. The van der Waals surface area contributed by atoms with Crippen LogP contribution in [0.15, 0.2) is 40.1 Å². The fourth-order valence-corrected chi connectivity index (χ4v) is 5.54. The number of benzene rings is 1. The Morgan fingerprint density at radius 2 is 1.67 bits per heavy atom. The minimum Gasteiger partial charge on any atom is -0.492 e. The highest BCUT2D eigenvalue weighted by atomic mass is 32.3. The van der Waals surface area contributed by atoms with Gasteiger partial charge >= 0.3 is 0 Å². The summed E-state index contributed by atoms with van der Waals surface area (Å²) >= 11 is 0. The first-order valence-electron chi connectivity index (χ1n) is 8.46. The highest BCUT2D eigenvalue weighted by molar-refractivity contribution is 8.04. The number of amides is 1. The maximum Gasteiger partial charge on any atom is 0.259 e. The van der Waals surface area contributed by atoms with Crippen molar-refractivity contribution in [3.63, 3.8) is 0 Å². The number of pyridine rings is 1. The van der Waals surface area contributed by atoms with Crippen LogP contribution in [0.5, 0.6) is 17.5 Å². The van der Waals surface area contributed by atoms with Crippen molar-refractivity contribution >= 4 is 31.6 Å². The summed E-state index contributed by atoms with van der Waals surface area (Å²) < 4.78 is 68.2. The van der Waals surface area contributed by atoms with Gasteiger partial charge in [0.05, 0.1) is 20.8 Å². The Bertz CT molecular complexity index is 1150. The Balaban J connectivity index is 2.52. The summed E-state index contributed by atoms with van der Waals surface area (Å²) in [5, 5.41) is 2.43. The quantitative estimate of drug-likeness (QED) is 0.562. The predicted octanol–water partition coefficient (Wildman–Crippen LogP) is 1.12. The van der Waals surface area contributed by atoms with Gasteiger partial charge in [-0.15, -0.1) is 4.13 Å². The van der Waals surface area contributed by atoms with Gasteiger partial charge in [0, 0.05) is 18.7 Å². The average Bonchev–Trinajstić information content (AvgIpc) is 2.67. The second-order valence-electron chi connectivity index (χ2n) is 5.73. The van der Waals surface area contributed by atoms with Gasteiger partial charge in [-0.25, -0.2) is 16.8 Å². The van der Waals surface area contributed by atoms with Crippen molar-refractivity contribution in [2.75, 3.05) is 26.1 Å². The van der Waals surface area contributed by atoms with E-state index in [1.54, 1.807) is 11.1 Å². The molecule has 0 spiro atoms. The molecule has 0 bridgehead atoms. The lowest BCUT2D eigenvalue weighted by molar-refractivity contribution is -0.114. The van der Waals surface area contributed by atoms with E-state index < -0.39 is 35.7 Å². The molecular weight excluding hydrogens is 438 g/mol. The van der Waals surface area contributed by atoms with Gasteiger partial charge in [0.1, 0.15) is 15.5 Å². The van der Waals surface area contributed by atoms with E-state index in [0.717, 1.165) is 12.1 Å². The minimum absolute atomic E-state index is 0.0790. The zero-order valence-electron chi connectivity index (χ0n) is 16.6. The zero-order valence-corrected chi connectivity index (χ0v) is 18.3. The summed E-state index contributed by atoms with van der Waals surface area (Å²) in [5.41, 5.74) is 0.146. The molecule has 0 radical (unpaired) electrons. The third kappa shape index (κ3) is 5.37. The standard InChI is InChI=1S/C17H21N3O8S2/c1-5-28-13-7-6-12(18-11(2)21)10-15(13)30(24,25)20-29(22,23)14-8-9-16(26-3)19-17(14)27-4/h6-10,20H,5H2,1-4H3,(H,18,21). The molecule has 0 unspecified atom stereocenters. The summed E-state index contributed by atoms with van der Waals surface area (Å²) in [6.07, 6.45) is 0. The zero-order chi connectivity index (χ0) is 22.5. The van der Waals surface area contributed by atoms with Crippen LogP contribution in [-0.4, -0.2) is 48.6 Å². The molecule has 0 atom stereocenters. The SMILES string of the molecule is CCOc1ccc(NC(C)=O)cc1S(=O)(=O)NS(=O)(=O)c1ccc(OC)nc1OC. The molecule has 1 aromatic carbocycles. The molecular formula is C17H21N3O8S2. The van der Waals surface area contributed by atoms with Crippen molar-refractivity contribution in [1.29, 1.82) is 0 Å². The molecule has 0 aliphatic heterocycles. The van der Waals surface area contributed by atoms with Crippen molar-refractivity contribution in [1.82, 2.24) is 9.11 Å². The van der Waals surface area contributed by atoms with Crippen LogP contribution >= 0.6 is 0 Å². The highest BCUT2D eigenvalue weighted by Gasteiger charge is 2.30. The molecule has 0 saturated heterocycles. The van der Waals surface area contributed by atoms with E-state index in [-0.39, 0.29) is 29.8 Å². The molecule has 2 rings (SSSR count). The summed E-state index contributed by atoms with van der Waals surface area (Å²) in [7, 11) is -6.76. The lowest BCUT2D eigenvalue weighted by Crippen LogP contribution is -2.31. The first-order valence-corrected chi connectivity index (χ1v) is 11.4. The average molecular weight is 460 g/mol. The number of sulfonamides is 2. The van der Waals surface area contributed by atoms with Gasteiger partial charge in [0.15, 0.2) is 0 Å². The molecule has 1 amide bonds. The van der Waals surface area contributed by atoms with E-state index in [0.29, 0.717) is 0 Å². The first kappa shape index (κ1) is 23.4. The van der Waals surface area contributed by atoms with Gasteiger partial charge in [-0.05, 0) is 31.2 Å². The second-order valence-corrected chi connectivity index (χ2v) is 9.29. The Hall–Kier alpha value is -2.90. The predicted molar refractivity (Wildman–Crippen MR) is 107 cm³/mol. The largest absolute Gasteiger partial charge is 0.492 e. The Morgan fingerprint density at radius 1 is 1.00 bits per heavy atom. The van der Waals surface area contributed by atoms with Crippen LogP contribution in [0.4, 0.5) is 5.69 Å². The number of carbonyl (C=O) groups excluding carboxylic acids is 1. The van der Waals surface area contributed by atoms with E-state index in [9.17, 15) is 21.6 Å². The number of rotatable bonds is 9. The molecule has 164 valence electrons.